The highest BCUT2D eigenvalue weighted by atomic mass is 35.5. The van der Waals surface area contributed by atoms with Gasteiger partial charge < -0.3 is 5.32 Å². The first kappa shape index (κ1) is 19.1. The number of benzene rings is 2. The number of amides is 1. The summed E-state index contributed by atoms with van der Waals surface area (Å²) < 4.78 is 25.2. The van der Waals surface area contributed by atoms with Crippen LogP contribution in [0.1, 0.15) is 12.8 Å². The van der Waals surface area contributed by atoms with Crippen molar-refractivity contribution >= 4 is 65.6 Å². The van der Waals surface area contributed by atoms with Gasteiger partial charge in [-0.25, -0.2) is 13.4 Å². The lowest BCUT2D eigenvalue weighted by Gasteiger charge is -2.04. The van der Waals surface area contributed by atoms with Crippen molar-refractivity contribution in [2.75, 3.05) is 11.1 Å². The average Bonchev–Trinajstić information content (AvgIpc) is 3.02. The summed E-state index contributed by atoms with van der Waals surface area (Å²) in [5.41, 5.74) is 0.533. The first-order valence-electron chi connectivity index (χ1n) is 7.69. The summed E-state index contributed by atoms with van der Waals surface area (Å²) in [5.74, 6) is -0.388. The average molecular weight is 429 g/mol. The maximum Gasteiger partial charge on any atom is 0.226 e. The van der Waals surface area contributed by atoms with E-state index in [1.54, 1.807) is 42.5 Å². The van der Waals surface area contributed by atoms with Crippen molar-refractivity contribution in [1.29, 1.82) is 0 Å². The summed E-state index contributed by atoms with van der Waals surface area (Å²) in [6, 6.07) is 11.6. The van der Waals surface area contributed by atoms with Crippen LogP contribution in [0.3, 0.4) is 0 Å². The third-order valence-corrected chi connectivity index (χ3v) is 7.16. The van der Waals surface area contributed by atoms with Crippen molar-refractivity contribution in [1.82, 2.24) is 4.98 Å². The smallest absolute Gasteiger partial charge is 0.226 e. The van der Waals surface area contributed by atoms with Gasteiger partial charge in [0, 0.05) is 6.42 Å². The molecular weight excluding hydrogens is 415 g/mol. The largest absolute Gasteiger partial charge is 0.302 e. The van der Waals surface area contributed by atoms with Gasteiger partial charge in [-0.05, 0) is 30.7 Å². The van der Waals surface area contributed by atoms with E-state index < -0.39 is 9.84 Å². The number of nitrogens with zero attached hydrogens (tertiary/aromatic N) is 1. The molecule has 2 aromatic carbocycles. The monoisotopic (exact) mass is 428 g/mol. The van der Waals surface area contributed by atoms with Crippen molar-refractivity contribution in [3.63, 3.8) is 0 Å². The van der Waals surface area contributed by atoms with Gasteiger partial charge in [0.05, 0.1) is 25.4 Å². The molecule has 3 aromatic rings. The Morgan fingerprint density at radius 3 is 2.58 bits per heavy atom. The molecule has 0 aliphatic heterocycles. The van der Waals surface area contributed by atoms with Gasteiger partial charge in [0.15, 0.2) is 15.0 Å². The fourth-order valence-electron chi connectivity index (χ4n) is 2.34. The van der Waals surface area contributed by atoms with E-state index >= 15 is 0 Å². The summed E-state index contributed by atoms with van der Waals surface area (Å²) in [6.07, 6.45) is 0.303. The zero-order chi connectivity index (χ0) is 18.7. The molecule has 3 rings (SSSR count). The second-order valence-corrected chi connectivity index (χ2v) is 9.44. The van der Waals surface area contributed by atoms with Crippen LogP contribution < -0.4 is 5.32 Å². The second kappa shape index (κ2) is 7.92. The van der Waals surface area contributed by atoms with Gasteiger partial charge >= 0.3 is 0 Å². The molecule has 0 saturated carbocycles. The molecule has 0 bridgehead atoms. The molecule has 0 fully saturated rings. The molecule has 9 heteroatoms. The van der Waals surface area contributed by atoms with Crippen LogP contribution in [-0.4, -0.2) is 25.1 Å². The molecule has 1 N–H and O–H groups in total. The van der Waals surface area contributed by atoms with Gasteiger partial charge in [0.2, 0.25) is 5.91 Å². The van der Waals surface area contributed by atoms with E-state index in [9.17, 15) is 13.2 Å². The summed E-state index contributed by atoms with van der Waals surface area (Å²) in [7, 11) is -3.38. The van der Waals surface area contributed by atoms with Crippen molar-refractivity contribution in [2.24, 2.45) is 0 Å². The Kier molecular flexibility index (Phi) is 5.82. The summed E-state index contributed by atoms with van der Waals surface area (Å²) >= 11 is 13.3. The third-order valence-electron chi connectivity index (χ3n) is 3.62. The SMILES string of the molecule is O=C(CCCS(=O)(=O)c1ccccc1)Nc1nc2c(Cl)c(Cl)ccc2s1. The van der Waals surface area contributed by atoms with Gasteiger partial charge in [-0.2, -0.15) is 0 Å². The van der Waals surface area contributed by atoms with Crippen molar-refractivity contribution < 1.29 is 13.2 Å². The Hall–Kier alpha value is -1.67. The van der Waals surface area contributed by atoms with E-state index in [1.165, 1.54) is 11.3 Å². The molecule has 5 nitrogen and oxygen atoms in total. The molecule has 0 aliphatic carbocycles. The van der Waals surface area contributed by atoms with Crippen LogP contribution in [-0.2, 0) is 14.6 Å². The van der Waals surface area contributed by atoms with Crippen molar-refractivity contribution in [3.8, 4) is 0 Å². The molecule has 0 saturated heterocycles. The van der Waals surface area contributed by atoms with Crippen LogP contribution in [0.25, 0.3) is 10.2 Å². The number of nitrogens with one attached hydrogen (secondary N) is 1. The van der Waals surface area contributed by atoms with Crippen LogP contribution in [0.15, 0.2) is 47.4 Å². The Bertz CT molecular complexity index is 1050. The number of aromatic nitrogens is 1. The molecule has 1 heterocycles. The minimum Gasteiger partial charge on any atom is -0.302 e. The number of anilines is 1. The quantitative estimate of drug-likeness (QED) is 0.611. The Morgan fingerprint density at radius 1 is 1.12 bits per heavy atom. The first-order valence-corrected chi connectivity index (χ1v) is 10.9. The van der Waals surface area contributed by atoms with Crippen molar-refractivity contribution in [2.45, 2.75) is 17.7 Å². The fraction of sp³-hybridized carbons (Fsp3) is 0.176. The van der Waals surface area contributed by atoms with Crippen LogP contribution >= 0.6 is 34.5 Å². The van der Waals surface area contributed by atoms with E-state index in [-0.39, 0.29) is 29.4 Å². The van der Waals surface area contributed by atoms with E-state index in [1.807, 2.05) is 0 Å². The maximum absolute atomic E-state index is 12.2. The lowest BCUT2D eigenvalue weighted by molar-refractivity contribution is -0.116. The predicted octanol–water partition coefficient (Wildman–Crippen LogP) is 4.80. The van der Waals surface area contributed by atoms with Crippen molar-refractivity contribution in [3.05, 3.63) is 52.5 Å². The molecule has 0 radical (unpaired) electrons. The molecule has 136 valence electrons. The Morgan fingerprint density at radius 2 is 1.85 bits per heavy atom. The lowest BCUT2D eigenvalue weighted by atomic mass is 10.3. The van der Waals surface area contributed by atoms with Gasteiger partial charge in [-0.1, -0.05) is 52.7 Å². The highest BCUT2D eigenvalue weighted by molar-refractivity contribution is 7.91. The number of halogens is 2. The van der Waals surface area contributed by atoms with Gasteiger partial charge in [0.25, 0.3) is 0 Å². The van der Waals surface area contributed by atoms with E-state index in [4.69, 9.17) is 23.2 Å². The Balaban J connectivity index is 1.59. The molecule has 0 aliphatic rings. The standard InChI is InChI=1S/C17H14Cl2N2O3S2/c18-12-8-9-13-16(15(12)19)21-17(25-13)20-14(22)7-4-10-26(23,24)11-5-2-1-3-6-11/h1-3,5-6,8-9H,4,7,10H2,(H,20,21,22). The van der Waals surface area contributed by atoms with E-state index in [0.717, 1.165) is 4.70 Å². The molecule has 0 spiro atoms. The highest BCUT2D eigenvalue weighted by Gasteiger charge is 2.16. The van der Waals surface area contributed by atoms with Gasteiger partial charge in [-0.3, -0.25) is 4.79 Å². The van der Waals surface area contributed by atoms with Gasteiger partial charge in [-0.15, -0.1) is 0 Å². The van der Waals surface area contributed by atoms with Gasteiger partial charge in [0.1, 0.15) is 5.52 Å². The van der Waals surface area contributed by atoms with Crippen LogP contribution in [0.4, 0.5) is 5.13 Å². The number of rotatable bonds is 6. The number of fused-ring (bicyclic) bond motifs is 1. The summed E-state index contributed by atoms with van der Waals surface area (Å²) in [4.78, 5) is 16.6. The van der Waals surface area contributed by atoms with Crippen LogP contribution in [0.5, 0.6) is 0 Å². The molecule has 0 atom stereocenters. The topological polar surface area (TPSA) is 76.1 Å². The fourth-order valence-corrected chi connectivity index (χ4v) is 4.98. The number of thiazole rings is 1. The summed E-state index contributed by atoms with van der Waals surface area (Å²) in [5, 5.41) is 3.82. The Labute approximate surface area is 164 Å². The molecule has 26 heavy (non-hydrogen) atoms. The van der Waals surface area contributed by atoms with E-state index in [2.05, 4.69) is 10.3 Å². The normalized spacial score (nSPS) is 11.6. The number of carbonyl (C=O) groups excluding carboxylic acids is 1. The zero-order valence-electron chi connectivity index (χ0n) is 13.4. The summed E-state index contributed by atoms with van der Waals surface area (Å²) in [6.45, 7) is 0. The van der Waals surface area contributed by atoms with E-state index in [0.29, 0.717) is 20.7 Å². The zero-order valence-corrected chi connectivity index (χ0v) is 16.6. The third kappa shape index (κ3) is 4.35. The van der Waals surface area contributed by atoms with Crippen LogP contribution in [0.2, 0.25) is 10.0 Å². The number of hydrogen-bond acceptors (Lipinski definition) is 5. The molecule has 0 unspecified atom stereocenters. The predicted molar refractivity (Wildman–Crippen MR) is 106 cm³/mol. The van der Waals surface area contributed by atoms with Crippen LogP contribution in [0, 0.1) is 0 Å². The number of sulfone groups is 1. The number of hydrogen-bond donors (Lipinski definition) is 1. The lowest BCUT2D eigenvalue weighted by Crippen LogP contribution is -2.14. The minimum atomic E-state index is -3.38. The minimum absolute atomic E-state index is 0.0798. The highest BCUT2D eigenvalue weighted by Crippen LogP contribution is 2.35. The first-order chi connectivity index (χ1) is 12.4. The molecule has 1 amide bonds. The number of carbonyl (C=O) groups is 1. The maximum atomic E-state index is 12.2. The second-order valence-electron chi connectivity index (χ2n) is 5.51. The molecule has 1 aromatic heterocycles. The molecular formula is C17H14Cl2N2O3S2.